The summed E-state index contributed by atoms with van der Waals surface area (Å²) in [5, 5.41) is 7.71. The highest BCUT2D eigenvalue weighted by atomic mass is 19.4. The minimum Gasteiger partial charge on any atom is -0.484 e. The standard InChI is InChI=1S/C25H31F3N4O6/c26-25(27,28)38-18-8-6-17(7-9-18)37-14-21(33)31-20(12-15-4-2-1-3-5-15)24(36)32-19(22(29)34)13-16-10-11-30-23(16)35/h6-9,12,15-16,19H,1-5,10-11,13-14H2,(H2,29,34)(H,30,35)(H,31,33)(H,32,36)/t16-,19-/m0/s1. The molecule has 10 nitrogen and oxygen atoms in total. The van der Waals surface area contributed by atoms with Gasteiger partial charge in [0.1, 0.15) is 23.2 Å². The van der Waals surface area contributed by atoms with Gasteiger partial charge in [-0.15, -0.1) is 13.2 Å². The van der Waals surface area contributed by atoms with Gasteiger partial charge < -0.3 is 31.2 Å². The van der Waals surface area contributed by atoms with Crippen LogP contribution in [0, 0.1) is 11.8 Å². The second-order valence-corrected chi connectivity index (χ2v) is 9.28. The van der Waals surface area contributed by atoms with Gasteiger partial charge >= 0.3 is 6.36 Å². The third-order valence-corrected chi connectivity index (χ3v) is 6.33. The molecule has 0 unspecified atom stereocenters. The van der Waals surface area contributed by atoms with E-state index in [0.29, 0.717) is 13.0 Å². The van der Waals surface area contributed by atoms with Crippen molar-refractivity contribution >= 4 is 23.6 Å². The number of benzene rings is 1. The van der Waals surface area contributed by atoms with Crippen molar-refractivity contribution in [2.75, 3.05) is 13.2 Å². The number of amides is 4. The van der Waals surface area contributed by atoms with Crippen molar-refractivity contribution < 1.29 is 41.8 Å². The molecule has 38 heavy (non-hydrogen) atoms. The Morgan fingerprint density at radius 3 is 2.32 bits per heavy atom. The molecule has 2 fully saturated rings. The molecule has 4 amide bonds. The summed E-state index contributed by atoms with van der Waals surface area (Å²) >= 11 is 0. The fraction of sp³-hybridized carbons (Fsp3) is 0.520. The van der Waals surface area contributed by atoms with Crippen LogP contribution >= 0.6 is 0 Å². The summed E-state index contributed by atoms with van der Waals surface area (Å²) in [6.07, 6.45) is 2.05. The average Bonchev–Trinajstić information content (AvgIpc) is 3.26. The van der Waals surface area contributed by atoms with Gasteiger partial charge in [-0.2, -0.15) is 0 Å². The first-order chi connectivity index (χ1) is 18.0. The van der Waals surface area contributed by atoms with Crippen LogP contribution < -0.4 is 31.2 Å². The molecule has 2 aliphatic rings. The first-order valence-corrected chi connectivity index (χ1v) is 12.4. The number of nitrogens with one attached hydrogen (secondary N) is 3. The second-order valence-electron chi connectivity index (χ2n) is 9.28. The summed E-state index contributed by atoms with van der Waals surface area (Å²) in [4.78, 5) is 49.6. The number of carbonyl (C=O) groups is 4. The minimum absolute atomic E-state index is 0.0364. The fourth-order valence-electron chi connectivity index (χ4n) is 4.42. The van der Waals surface area contributed by atoms with E-state index in [1.165, 1.54) is 12.1 Å². The summed E-state index contributed by atoms with van der Waals surface area (Å²) in [6.45, 7) is -0.0554. The first-order valence-electron chi connectivity index (χ1n) is 12.4. The Hall–Kier alpha value is -3.77. The molecule has 0 radical (unpaired) electrons. The number of hydrogen-bond acceptors (Lipinski definition) is 6. The number of ether oxygens (including phenoxy) is 2. The SMILES string of the molecule is NC(=O)[C@H](C[C@@H]1CCNC1=O)NC(=O)C(=CC1CCCCC1)NC(=O)COc1ccc(OC(F)(F)F)cc1. The Bertz CT molecular complexity index is 1040. The molecule has 0 aromatic heterocycles. The Labute approximate surface area is 217 Å². The van der Waals surface area contributed by atoms with Gasteiger partial charge in [-0.25, -0.2) is 0 Å². The Balaban J connectivity index is 1.63. The van der Waals surface area contributed by atoms with E-state index >= 15 is 0 Å². The van der Waals surface area contributed by atoms with Crippen molar-refractivity contribution in [2.24, 2.45) is 17.6 Å². The van der Waals surface area contributed by atoms with Gasteiger partial charge in [0.15, 0.2) is 6.61 Å². The highest BCUT2D eigenvalue weighted by Gasteiger charge is 2.32. The molecule has 1 saturated heterocycles. The monoisotopic (exact) mass is 540 g/mol. The summed E-state index contributed by atoms with van der Waals surface area (Å²) < 4.78 is 46.0. The molecule has 1 saturated carbocycles. The van der Waals surface area contributed by atoms with E-state index in [1.807, 2.05) is 0 Å². The summed E-state index contributed by atoms with van der Waals surface area (Å²) in [5.41, 5.74) is 5.40. The fourth-order valence-corrected chi connectivity index (χ4v) is 4.42. The van der Waals surface area contributed by atoms with Crippen molar-refractivity contribution in [3.05, 3.63) is 36.0 Å². The van der Waals surface area contributed by atoms with E-state index in [4.69, 9.17) is 10.5 Å². The number of rotatable bonds is 11. The van der Waals surface area contributed by atoms with E-state index in [2.05, 4.69) is 20.7 Å². The lowest BCUT2D eigenvalue weighted by molar-refractivity contribution is -0.274. The zero-order chi connectivity index (χ0) is 27.7. The molecule has 0 bridgehead atoms. The molecule has 1 heterocycles. The van der Waals surface area contributed by atoms with Gasteiger partial charge in [0.2, 0.25) is 11.8 Å². The van der Waals surface area contributed by atoms with Gasteiger partial charge in [0.05, 0.1) is 0 Å². The van der Waals surface area contributed by atoms with Gasteiger partial charge in [-0.05, 0) is 55.9 Å². The quantitative estimate of drug-likeness (QED) is 0.316. The molecule has 1 aliphatic heterocycles. The predicted octanol–water partition coefficient (Wildman–Crippen LogP) is 2.04. The zero-order valence-electron chi connectivity index (χ0n) is 20.6. The van der Waals surface area contributed by atoms with Crippen LogP contribution in [0.1, 0.15) is 44.9 Å². The lowest BCUT2D eigenvalue weighted by Crippen LogP contribution is -2.48. The summed E-state index contributed by atoms with van der Waals surface area (Å²) in [5.74, 6) is -3.18. The number of alkyl halides is 3. The summed E-state index contributed by atoms with van der Waals surface area (Å²) in [7, 11) is 0. The molecule has 1 aliphatic carbocycles. The van der Waals surface area contributed by atoms with Crippen molar-refractivity contribution in [2.45, 2.75) is 57.3 Å². The maximum Gasteiger partial charge on any atom is 0.573 e. The predicted molar refractivity (Wildman–Crippen MR) is 128 cm³/mol. The van der Waals surface area contributed by atoms with Crippen molar-refractivity contribution in [3.63, 3.8) is 0 Å². The highest BCUT2D eigenvalue weighted by molar-refractivity contribution is 6.00. The van der Waals surface area contributed by atoms with Crippen LogP contribution in [-0.2, 0) is 19.2 Å². The van der Waals surface area contributed by atoms with Crippen LogP contribution in [0.25, 0.3) is 0 Å². The summed E-state index contributed by atoms with van der Waals surface area (Å²) in [6, 6.07) is 3.37. The smallest absolute Gasteiger partial charge is 0.484 e. The van der Waals surface area contributed by atoms with Crippen molar-refractivity contribution in [3.8, 4) is 11.5 Å². The Kier molecular flexibility index (Phi) is 9.97. The van der Waals surface area contributed by atoms with Gasteiger partial charge in [-0.3, -0.25) is 19.2 Å². The Morgan fingerprint density at radius 2 is 1.74 bits per heavy atom. The molecule has 5 N–H and O–H groups in total. The zero-order valence-corrected chi connectivity index (χ0v) is 20.6. The lowest BCUT2D eigenvalue weighted by Gasteiger charge is -2.22. The molecule has 1 aromatic carbocycles. The molecule has 3 rings (SSSR count). The van der Waals surface area contributed by atoms with Gasteiger partial charge in [-0.1, -0.05) is 25.3 Å². The average molecular weight is 541 g/mol. The molecular formula is C25H31F3N4O6. The largest absolute Gasteiger partial charge is 0.573 e. The van der Waals surface area contributed by atoms with Crippen molar-refractivity contribution in [1.82, 2.24) is 16.0 Å². The lowest BCUT2D eigenvalue weighted by atomic mass is 9.88. The number of primary amides is 1. The molecule has 2 atom stereocenters. The third kappa shape index (κ3) is 9.27. The number of hydrogen-bond donors (Lipinski definition) is 4. The van der Waals surface area contributed by atoms with Gasteiger partial charge in [0, 0.05) is 12.5 Å². The highest BCUT2D eigenvalue weighted by Crippen LogP contribution is 2.26. The van der Waals surface area contributed by atoms with E-state index in [1.54, 1.807) is 6.08 Å². The van der Waals surface area contributed by atoms with Crippen LogP contribution in [-0.4, -0.2) is 49.2 Å². The van der Waals surface area contributed by atoms with E-state index in [9.17, 15) is 32.3 Å². The van der Waals surface area contributed by atoms with Crippen LogP contribution in [0.5, 0.6) is 11.5 Å². The first kappa shape index (κ1) is 28.8. The topological polar surface area (TPSA) is 149 Å². The molecule has 208 valence electrons. The number of halogens is 3. The third-order valence-electron chi connectivity index (χ3n) is 6.33. The molecule has 0 spiro atoms. The van der Waals surface area contributed by atoms with Crippen LogP contribution in [0.3, 0.4) is 0 Å². The molecule has 1 aromatic rings. The van der Waals surface area contributed by atoms with Crippen molar-refractivity contribution in [1.29, 1.82) is 0 Å². The van der Waals surface area contributed by atoms with Gasteiger partial charge in [0.25, 0.3) is 11.8 Å². The molecule has 13 heteroatoms. The second kappa shape index (κ2) is 13.2. The Morgan fingerprint density at radius 1 is 1.08 bits per heavy atom. The normalized spacial score (nSPS) is 19.3. The maximum atomic E-state index is 13.1. The van der Waals surface area contributed by atoms with E-state index in [0.717, 1.165) is 44.2 Å². The number of carbonyl (C=O) groups excluding carboxylic acids is 4. The van der Waals surface area contributed by atoms with Crippen LogP contribution in [0.4, 0.5) is 13.2 Å². The number of nitrogens with two attached hydrogens (primary N) is 1. The van der Waals surface area contributed by atoms with E-state index in [-0.39, 0.29) is 29.7 Å². The minimum atomic E-state index is -4.83. The van der Waals surface area contributed by atoms with E-state index < -0.39 is 48.4 Å². The maximum absolute atomic E-state index is 13.1. The number of allylic oxidation sites excluding steroid dienone is 1. The van der Waals surface area contributed by atoms with Crippen LogP contribution in [0.15, 0.2) is 36.0 Å². The van der Waals surface area contributed by atoms with Crippen LogP contribution in [0.2, 0.25) is 0 Å². The molecular weight excluding hydrogens is 509 g/mol.